The molecule has 0 unspecified atom stereocenters. The van der Waals surface area contributed by atoms with Crippen molar-refractivity contribution in [1.29, 1.82) is 0 Å². The van der Waals surface area contributed by atoms with Gasteiger partial charge in [-0.2, -0.15) is 4.98 Å². The lowest BCUT2D eigenvalue weighted by Gasteiger charge is -2.35. The quantitative estimate of drug-likeness (QED) is 0.825. The Kier molecular flexibility index (Phi) is 4.77. The maximum atomic E-state index is 13.9. The van der Waals surface area contributed by atoms with Gasteiger partial charge in [0.15, 0.2) is 11.6 Å². The van der Waals surface area contributed by atoms with Crippen LogP contribution >= 0.6 is 0 Å². The van der Waals surface area contributed by atoms with Gasteiger partial charge in [-0.1, -0.05) is 0 Å². The zero-order valence-corrected chi connectivity index (χ0v) is 15.5. The Labute approximate surface area is 157 Å². The molecule has 3 heterocycles. The van der Waals surface area contributed by atoms with Gasteiger partial charge in [-0.05, 0) is 24.7 Å². The van der Waals surface area contributed by atoms with E-state index in [0.717, 1.165) is 19.5 Å². The van der Waals surface area contributed by atoms with Crippen LogP contribution in [-0.2, 0) is 0 Å². The van der Waals surface area contributed by atoms with Crippen LogP contribution in [0.15, 0.2) is 24.8 Å². The minimum absolute atomic E-state index is 0.0608. The highest BCUT2D eigenvalue weighted by Crippen LogP contribution is 2.38. The fourth-order valence-corrected chi connectivity index (χ4v) is 4.13. The fourth-order valence-electron chi connectivity index (χ4n) is 4.13. The van der Waals surface area contributed by atoms with Crippen molar-refractivity contribution in [3.8, 4) is 0 Å². The zero-order valence-electron chi connectivity index (χ0n) is 15.5. The van der Waals surface area contributed by atoms with Crippen molar-refractivity contribution in [3.05, 3.63) is 30.6 Å². The predicted octanol–water partition coefficient (Wildman–Crippen LogP) is 1.16. The van der Waals surface area contributed by atoms with Crippen molar-refractivity contribution in [2.24, 2.45) is 11.8 Å². The van der Waals surface area contributed by atoms with Gasteiger partial charge in [-0.3, -0.25) is 4.98 Å². The Morgan fingerprint density at radius 2 is 1.93 bits per heavy atom. The minimum atomic E-state index is -0.445. The van der Waals surface area contributed by atoms with Crippen LogP contribution in [0.2, 0.25) is 0 Å². The lowest BCUT2D eigenvalue weighted by atomic mass is 9.77. The maximum absolute atomic E-state index is 13.9. The van der Waals surface area contributed by atoms with Gasteiger partial charge < -0.3 is 20.2 Å². The number of nitrogens with one attached hydrogen (secondary N) is 1. The van der Waals surface area contributed by atoms with Crippen LogP contribution in [-0.4, -0.2) is 64.4 Å². The Morgan fingerprint density at radius 3 is 2.63 bits per heavy atom. The second-order valence-corrected chi connectivity index (χ2v) is 7.54. The molecular weight excluding hydrogens is 349 g/mol. The standard InChI is InChI=1S/C18H24FN7O/c1-25(2)17-13(19)7-22-18(24-17)26-9-11-5-14(15(27)6-12(11)10-26)23-16-8-20-3-4-21-16/h3-4,7-8,11-12,14-15,27H,5-6,9-10H2,1-2H3,(H,21,23)/t11-,12+,14-,15-/m1/s1. The normalized spacial score (nSPS) is 27.3. The molecule has 0 radical (unpaired) electrons. The first-order valence-corrected chi connectivity index (χ1v) is 9.16. The summed E-state index contributed by atoms with van der Waals surface area (Å²) in [7, 11) is 3.52. The Balaban J connectivity index is 1.46. The second kappa shape index (κ2) is 7.22. The van der Waals surface area contributed by atoms with Crippen molar-refractivity contribution < 1.29 is 9.50 Å². The first kappa shape index (κ1) is 17.8. The van der Waals surface area contributed by atoms with E-state index in [2.05, 4.69) is 30.2 Å². The van der Waals surface area contributed by atoms with E-state index in [1.54, 1.807) is 37.6 Å². The van der Waals surface area contributed by atoms with Crippen LogP contribution in [0.3, 0.4) is 0 Å². The SMILES string of the molecule is CN(C)c1nc(N2C[C@H]3C[C@@H](Nc4cnccn4)[C@H](O)C[C@H]3C2)ncc1F. The number of aromatic nitrogens is 4. The molecule has 2 aromatic rings. The van der Waals surface area contributed by atoms with E-state index in [-0.39, 0.29) is 11.9 Å². The molecule has 8 nitrogen and oxygen atoms in total. The van der Waals surface area contributed by atoms with Gasteiger partial charge >= 0.3 is 0 Å². The molecule has 9 heteroatoms. The van der Waals surface area contributed by atoms with E-state index in [1.165, 1.54) is 6.20 Å². The molecule has 4 atom stereocenters. The number of hydrogen-bond donors (Lipinski definition) is 2. The summed E-state index contributed by atoms with van der Waals surface area (Å²) in [5.41, 5.74) is 0. The van der Waals surface area contributed by atoms with Gasteiger partial charge in [0, 0.05) is 39.6 Å². The smallest absolute Gasteiger partial charge is 0.227 e. The molecule has 1 aliphatic carbocycles. The molecule has 2 N–H and O–H groups in total. The van der Waals surface area contributed by atoms with Crippen LogP contribution in [0.1, 0.15) is 12.8 Å². The molecular formula is C18H24FN7O. The molecule has 0 bridgehead atoms. The first-order valence-electron chi connectivity index (χ1n) is 9.16. The minimum Gasteiger partial charge on any atom is -0.391 e. The van der Waals surface area contributed by atoms with Crippen molar-refractivity contribution in [3.63, 3.8) is 0 Å². The van der Waals surface area contributed by atoms with Gasteiger partial charge in [0.25, 0.3) is 0 Å². The van der Waals surface area contributed by atoms with Crippen LogP contribution in [0.4, 0.5) is 22.0 Å². The average molecular weight is 373 g/mol. The molecule has 1 aliphatic heterocycles. The molecule has 2 aromatic heterocycles. The summed E-state index contributed by atoms with van der Waals surface area (Å²) in [6, 6.07) is -0.0608. The third-order valence-corrected chi connectivity index (χ3v) is 5.46. The van der Waals surface area contributed by atoms with E-state index in [1.807, 2.05) is 0 Å². The van der Waals surface area contributed by atoms with Crippen LogP contribution in [0, 0.1) is 17.7 Å². The van der Waals surface area contributed by atoms with Gasteiger partial charge in [0.2, 0.25) is 5.95 Å². The van der Waals surface area contributed by atoms with Gasteiger partial charge in [0.1, 0.15) is 5.82 Å². The van der Waals surface area contributed by atoms with Crippen LogP contribution in [0.5, 0.6) is 0 Å². The van der Waals surface area contributed by atoms with Crippen LogP contribution < -0.4 is 15.1 Å². The summed E-state index contributed by atoms with van der Waals surface area (Å²) in [6.45, 7) is 1.58. The largest absolute Gasteiger partial charge is 0.391 e. The topological polar surface area (TPSA) is 90.3 Å². The predicted molar refractivity (Wildman–Crippen MR) is 100 cm³/mol. The van der Waals surface area contributed by atoms with E-state index >= 15 is 0 Å². The summed E-state index contributed by atoms with van der Waals surface area (Å²) in [4.78, 5) is 20.6. The summed E-state index contributed by atoms with van der Waals surface area (Å²) in [5, 5.41) is 13.9. The summed E-state index contributed by atoms with van der Waals surface area (Å²) in [6.07, 6.45) is 7.24. The molecule has 27 heavy (non-hydrogen) atoms. The lowest BCUT2D eigenvalue weighted by Crippen LogP contribution is -2.43. The van der Waals surface area contributed by atoms with Crippen LogP contribution in [0.25, 0.3) is 0 Å². The molecule has 0 amide bonds. The molecule has 1 saturated carbocycles. The lowest BCUT2D eigenvalue weighted by molar-refractivity contribution is 0.0737. The van der Waals surface area contributed by atoms with Crippen molar-refractivity contribution in [1.82, 2.24) is 19.9 Å². The number of hydrogen-bond acceptors (Lipinski definition) is 8. The number of halogens is 1. The number of anilines is 3. The van der Waals surface area contributed by atoms with E-state index in [0.29, 0.717) is 30.0 Å². The molecule has 4 rings (SSSR count). The Morgan fingerprint density at radius 1 is 1.15 bits per heavy atom. The highest BCUT2D eigenvalue weighted by atomic mass is 19.1. The van der Waals surface area contributed by atoms with E-state index in [4.69, 9.17) is 0 Å². The zero-order chi connectivity index (χ0) is 19.0. The first-order chi connectivity index (χ1) is 13.0. The monoisotopic (exact) mass is 373 g/mol. The molecule has 0 aromatic carbocycles. The second-order valence-electron chi connectivity index (χ2n) is 7.54. The fraction of sp³-hybridized carbons (Fsp3) is 0.556. The Hall–Kier alpha value is -2.55. The Bertz CT molecular complexity index is 791. The highest BCUT2D eigenvalue weighted by Gasteiger charge is 2.42. The van der Waals surface area contributed by atoms with Crippen molar-refractivity contribution in [2.45, 2.75) is 25.0 Å². The number of aliphatic hydroxyl groups is 1. The van der Waals surface area contributed by atoms with Gasteiger partial charge in [-0.15, -0.1) is 0 Å². The number of rotatable bonds is 4. The number of aliphatic hydroxyl groups excluding tert-OH is 1. The number of nitrogens with zero attached hydrogens (tertiary/aromatic N) is 6. The third-order valence-electron chi connectivity index (χ3n) is 5.46. The van der Waals surface area contributed by atoms with E-state index in [9.17, 15) is 9.50 Å². The molecule has 0 spiro atoms. The van der Waals surface area contributed by atoms with E-state index < -0.39 is 11.9 Å². The summed E-state index contributed by atoms with van der Waals surface area (Å²) >= 11 is 0. The highest BCUT2D eigenvalue weighted by molar-refractivity contribution is 5.44. The third kappa shape index (κ3) is 3.64. The maximum Gasteiger partial charge on any atom is 0.227 e. The van der Waals surface area contributed by atoms with Crippen molar-refractivity contribution in [2.75, 3.05) is 42.3 Å². The molecule has 1 saturated heterocycles. The molecule has 2 fully saturated rings. The molecule has 144 valence electrons. The average Bonchev–Trinajstić information content (AvgIpc) is 3.05. The molecule has 2 aliphatic rings. The van der Waals surface area contributed by atoms with Gasteiger partial charge in [-0.25, -0.2) is 14.4 Å². The summed E-state index contributed by atoms with van der Waals surface area (Å²) < 4.78 is 13.9. The number of fused-ring (bicyclic) bond motifs is 1. The van der Waals surface area contributed by atoms with Gasteiger partial charge in [0.05, 0.1) is 24.5 Å². The van der Waals surface area contributed by atoms with Crippen molar-refractivity contribution >= 4 is 17.6 Å². The summed E-state index contributed by atoms with van der Waals surface area (Å²) in [5.74, 6) is 1.87.